The molecule has 1 aromatic carbocycles. The van der Waals surface area contributed by atoms with Gasteiger partial charge in [-0.1, -0.05) is 20.8 Å². The summed E-state index contributed by atoms with van der Waals surface area (Å²) in [5.74, 6) is -0.543. The van der Waals surface area contributed by atoms with Crippen molar-refractivity contribution in [2.75, 3.05) is 39.5 Å². The lowest BCUT2D eigenvalue weighted by Gasteiger charge is -2.22. The third kappa shape index (κ3) is 8.81. The number of benzene rings is 1. The Balaban J connectivity index is 2.73. The van der Waals surface area contributed by atoms with E-state index in [0.29, 0.717) is 43.9 Å². The number of amides is 2. The number of carbonyl (C=O) groups is 2. The minimum Gasteiger partial charge on any atom is -0.396 e. The van der Waals surface area contributed by atoms with Gasteiger partial charge in [0.05, 0.1) is 12.7 Å². The second kappa shape index (κ2) is 14.1. The van der Waals surface area contributed by atoms with E-state index in [1.807, 2.05) is 32.6 Å². The SMILES string of the molecule is CCCN(CCC)C(=O)c1cc(C)cc(C(=O)NCC(O)C(C)COCCCO)c1. The van der Waals surface area contributed by atoms with Crippen LogP contribution < -0.4 is 5.32 Å². The summed E-state index contributed by atoms with van der Waals surface area (Å²) in [7, 11) is 0. The lowest BCUT2D eigenvalue weighted by atomic mass is 10.0. The lowest BCUT2D eigenvalue weighted by molar-refractivity contribution is 0.0310. The van der Waals surface area contributed by atoms with Gasteiger partial charge in [0.2, 0.25) is 0 Å². The van der Waals surface area contributed by atoms with Gasteiger partial charge in [0.1, 0.15) is 0 Å². The molecule has 0 aromatic heterocycles. The highest BCUT2D eigenvalue weighted by molar-refractivity contribution is 6.00. The summed E-state index contributed by atoms with van der Waals surface area (Å²) in [5, 5.41) is 21.7. The van der Waals surface area contributed by atoms with Crippen LogP contribution in [0.15, 0.2) is 18.2 Å². The number of nitrogens with one attached hydrogen (secondary N) is 1. The van der Waals surface area contributed by atoms with Crippen molar-refractivity contribution in [1.29, 1.82) is 0 Å². The molecule has 2 unspecified atom stereocenters. The average molecular weight is 423 g/mol. The number of ether oxygens (including phenoxy) is 1. The van der Waals surface area contributed by atoms with Crippen LogP contribution in [-0.4, -0.2) is 72.5 Å². The molecule has 0 heterocycles. The molecule has 0 saturated heterocycles. The van der Waals surface area contributed by atoms with E-state index < -0.39 is 6.10 Å². The monoisotopic (exact) mass is 422 g/mol. The molecule has 1 rings (SSSR count). The Bertz CT molecular complexity index is 659. The fraction of sp³-hybridized carbons (Fsp3) is 0.652. The number of hydrogen-bond donors (Lipinski definition) is 3. The molecule has 7 nitrogen and oxygen atoms in total. The Labute approximate surface area is 180 Å². The summed E-state index contributed by atoms with van der Waals surface area (Å²) in [5.41, 5.74) is 1.75. The summed E-state index contributed by atoms with van der Waals surface area (Å²) < 4.78 is 5.39. The van der Waals surface area contributed by atoms with Gasteiger partial charge in [-0.05, 0) is 49.9 Å². The Morgan fingerprint density at radius 2 is 1.77 bits per heavy atom. The predicted octanol–water partition coefficient (Wildman–Crippen LogP) is 2.38. The Kier molecular flexibility index (Phi) is 12.3. The normalized spacial score (nSPS) is 13.0. The maximum atomic E-state index is 12.9. The molecule has 2 amide bonds. The zero-order chi connectivity index (χ0) is 22.5. The van der Waals surface area contributed by atoms with Crippen molar-refractivity contribution in [2.24, 2.45) is 5.92 Å². The van der Waals surface area contributed by atoms with Gasteiger partial charge in [0, 0.05) is 49.9 Å². The molecule has 7 heteroatoms. The van der Waals surface area contributed by atoms with E-state index in [9.17, 15) is 14.7 Å². The van der Waals surface area contributed by atoms with Gasteiger partial charge in [0.25, 0.3) is 11.8 Å². The number of hydrogen-bond acceptors (Lipinski definition) is 5. The molecule has 0 aliphatic carbocycles. The summed E-state index contributed by atoms with van der Waals surface area (Å²) in [4.78, 5) is 27.3. The second-order valence-corrected chi connectivity index (χ2v) is 7.79. The number of carbonyl (C=O) groups excluding carboxylic acids is 2. The molecule has 3 N–H and O–H groups in total. The van der Waals surface area contributed by atoms with Gasteiger partial charge in [-0.2, -0.15) is 0 Å². The minimum absolute atomic E-state index is 0.0647. The second-order valence-electron chi connectivity index (χ2n) is 7.79. The Hall–Kier alpha value is -1.96. The number of rotatable bonds is 14. The fourth-order valence-electron chi connectivity index (χ4n) is 3.12. The third-order valence-electron chi connectivity index (χ3n) is 4.82. The molecular weight excluding hydrogens is 384 g/mol. The van der Waals surface area contributed by atoms with Crippen molar-refractivity contribution < 1.29 is 24.5 Å². The van der Waals surface area contributed by atoms with Gasteiger partial charge >= 0.3 is 0 Å². The van der Waals surface area contributed by atoms with Crippen molar-refractivity contribution in [3.63, 3.8) is 0 Å². The molecule has 0 aliphatic heterocycles. The first-order chi connectivity index (χ1) is 14.3. The van der Waals surface area contributed by atoms with E-state index in [1.54, 1.807) is 18.2 Å². The van der Waals surface area contributed by atoms with Crippen molar-refractivity contribution in [3.05, 3.63) is 34.9 Å². The van der Waals surface area contributed by atoms with Crippen LogP contribution in [0.4, 0.5) is 0 Å². The molecule has 2 atom stereocenters. The largest absolute Gasteiger partial charge is 0.396 e. The van der Waals surface area contributed by atoms with E-state index >= 15 is 0 Å². The Morgan fingerprint density at radius 3 is 2.37 bits per heavy atom. The van der Waals surface area contributed by atoms with E-state index in [0.717, 1.165) is 18.4 Å². The first-order valence-corrected chi connectivity index (χ1v) is 10.9. The van der Waals surface area contributed by atoms with Gasteiger partial charge < -0.3 is 25.2 Å². The van der Waals surface area contributed by atoms with Gasteiger partial charge in [-0.3, -0.25) is 9.59 Å². The molecule has 0 spiro atoms. The van der Waals surface area contributed by atoms with Crippen LogP contribution in [0.25, 0.3) is 0 Å². The molecule has 170 valence electrons. The smallest absolute Gasteiger partial charge is 0.253 e. The summed E-state index contributed by atoms with van der Waals surface area (Å²) >= 11 is 0. The van der Waals surface area contributed by atoms with Crippen LogP contribution >= 0.6 is 0 Å². The topological polar surface area (TPSA) is 99.1 Å². The van der Waals surface area contributed by atoms with Crippen LogP contribution in [0.2, 0.25) is 0 Å². The number of aliphatic hydroxyl groups is 2. The third-order valence-corrected chi connectivity index (χ3v) is 4.82. The van der Waals surface area contributed by atoms with Crippen LogP contribution in [0, 0.1) is 12.8 Å². The molecule has 30 heavy (non-hydrogen) atoms. The first kappa shape index (κ1) is 26.1. The Morgan fingerprint density at radius 1 is 1.13 bits per heavy atom. The number of aryl methyl sites for hydroxylation is 1. The van der Waals surface area contributed by atoms with Crippen molar-refractivity contribution in [1.82, 2.24) is 10.2 Å². The highest BCUT2D eigenvalue weighted by atomic mass is 16.5. The van der Waals surface area contributed by atoms with Crippen LogP contribution in [-0.2, 0) is 4.74 Å². The molecule has 1 aromatic rings. The van der Waals surface area contributed by atoms with Gasteiger partial charge in [-0.15, -0.1) is 0 Å². The van der Waals surface area contributed by atoms with Crippen LogP contribution in [0.5, 0.6) is 0 Å². The molecule has 0 saturated carbocycles. The average Bonchev–Trinajstić information content (AvgIpc) is 2.73. The summed E-state index contributed by atoms with van der Waals surface area (Å²) in [6.45, 7) is 10.1. The fourth-order valence-corrected chi connectivity index (χ4v) is 3.12. The van der Waals surface area contributed by atoms with Crippen molar-refractivity contribution >= 4 is 11.8 Å². The van der Waals surface area contributed by atoms with E-state index in [1.165, 1.54) is 0 Å². The number of nitrogens with zero attached hydrogens (tertiary/aromatic N) is 1. The minimum atomic E-state index is -0.751. The standard InChI is InChI=1S/C23H38N2O5/c1-5-8-25(9-6-2)23(29)20-13-17(3)12-19(14-20)22(28)24-15-21(27)18(4)16-30-11-7-10-26/h12-14,18,21,26-27H,5-11,15-16H2,1-4H3,(H,24,28). The summed E-state index contributed by atoms with van der Waals surface area (Å²) in [6.07, 6.45) is 1.57. The quantitative estimate of drug-likeness (QED) is 0.400. The first-order valence-electron chi connectivity index (χ1n) is 10.9. The molecule has 0 bridgehead atoms. The van der Waals surface area contributed by atoms with Crippen molar-refractivity contribution in [3.8, 4) is 0 Å². The molecular formula is C23H38N2O5. The van der Waals surface area contributed by atoms with E-state index in [-0.39, 0.29) is 30.9 Å². The van der Waals surface area contributed by atoms with Gasteiger partial charge in [0.15, 0.2) is 0 Å². The number of aliphatic hydroxyl groups excluding tert-OH is 2. The maximum absolute atomic E-state index is 12.9. The zero-order valence-electron chi connectivity index (χ0n) is 18.8. The maximum Gasteiger partial charge on any atom is 0.253 e. The molecule has 0 aliphatic rings. The molecule has 0 radical (unpaired) electrons. The van der Waals surface area contributed by atoms with Crippen LogP contribution in [0.1, 0.15) is 66.3 Å². The van der Waals surface area contributed by atoms with Gasteiger partial charge in [-0.25, -0.2) is 0 Å². The predicted molar refractivity (Wildman–Crippen MR) is 118 cm³/mol. The highest BCUT2D eigenvalue weighted by Gasteiger charge is 2.19. The van der Waals surface area contributed by atoms with E-state index in [2.05, 4.69) is 5.32 Å². The summed E-state index contributed by atoms with van der Waals surface area (Å²) in [6, 6.07) is 5.17. The highest BCUT2D eigenvalue weighted by Crippen LogP contribution is 2.14. The van der Waals surface area contributed by atoms with Crippen molar-refractivity contribution in [2.45, 2.75) is 53.1 Å². The lowest BCUT2D eigenvalue weighted by Crippen LogP contribution is -2.37. The van der Waals surface area contributed by atoms with Crippen LogP contribution in [0.3, 0.4) is 0 Å². The van der Waals surface area contributed by atoms with E-state index in [4.69, 9.17) is 9.84 Å². The molecule has 0 fully saturated rings. The zero-order valence-corrected chi connectivity index (χ0v) is 18.8.